The van der Waals surface area contributed by atoms with Crippen LogP contribution in [0.2, 0.25) is 0 Å². The molecule has 0 saturated heterocycles. The molecule has 0 radical (unpaired) electrons. The lowest BCUT2D eigenvalue weighted by Crippen LogP contribution is -2.45. The van der Waals surface area contributed by atoms with Crippen molar-refractivity contribution in [1.29, 1.82) is 0 Å². The third kappa shape index (κ3) is 3.59. The molecule has 8 heteroatoms. The van der Waals surface area contributed by atoms with E-state index >= 15 is 0 Å². The molecule has 4 atom stereocenters. The molecule has 26 heavy (non-hydrogen) atoms. The Bertz CT molecular complexity index is 729. The predicted molar refractivity (Wildman–Crippen MR) is 87.8 cm³/mol. The van der Waals surface area contributed by atoms with Crippen LogP contribution in [-0.2, 0) is 25.2 Å². The molecule has 1 aliphatic rings. The number of nitrogens with zero attached hydrogens (tertiary/aromatic N) is 1. The highest BCUT2D eigenvalue weighted by Gasteiger charge is 2.50. The molecule has 0 N–H and O–H groups in total. The summed E-state index contributed by atoms with van der Waals surface area (Å²) in [6.07, 6.45) is -4.64. The van der Waals surface area contributed by atoms with Gasteiger partial charge in [-0.2, -0.15) is 13.2 Å². The topological polar surface area (TPSA) is 65.0 Å². The van der Waals surface area contributed by atoms with Crippen molar-refractivity contribution in [1.82, 2.24) is 0 Å². The van der Waals surface area contributed by atoms with E-state index in [0.29, 0.717) is 5.71 Å². The van der Waals surface area contributed by atoms with Crippen molar-refractivity contribution in [2.75, 3.05) is 14.2 Å². The van der Waals surface area contributed by atoms with Crippen molar-refractivity contribution in [2.45, 2.75) is 32.0 Å². The largest absolute Gasteiger partial charge is 0.469 e. The highest BCUT2D eigenvalue weighted by Crippen LogP contribution is 2.45. The van der Waals surface area contributed by atoms with Gasteiger partial charge in [0, 0.05) is 11.6 Å². The molecule has 4 unspecified atom stereocenters. The van der Waals surface area contributed by atoms with Gasteiger partial charge >= 0.3 is 18.1 Å². The zero-order chi connectivity index (χ0) is 19.6. The fraction of sp³-hybridized carbons (Fsp3) is 0.500. The van der Waals surface area contributed by atoms with Crippen molar-refractivity contribution < 1.29 is 32.2 Å². The van der Waals surface area contributed by atoms with Gasteiger partial charge in [-0.3, -0.25) is 14.6 Å². The van der Waals surface area contributed by atoms with Crippen LogP contribution in [0.3, 0.4) is 0 Å². The van der Waals surface area contributed by atoms with E-state index in [2.05, 4.69) is 4.99 Å². The quantitative estimate of drug-likeness (QED) is 0.766. The Kier molecular flexibility index (Phi) is 5.73. The summed E-state index contributed by atoms with van der Waals surface area (Å²) in [5.41, 5.74) is -0.715. The molecule has 0 bridgehead atoms. The van der Waals surface area contributed by atoms with Gasteiger partial charge in [-0.05, 0) is 25.5 Å². The van der Waals surface area contributed by atoms with E-state index in [1.807, 2.05) is 0 Å². The van der Waals surface area contributed by atoms with Gasteiger partial charge in [0.15, 0.2) is 0 Å². The molecule has 0 aliphatic carbocycles. The van der Waals surface area contributed by atoms with Crippen LogP contribution in [-0.4, -0.2) is 37.9 Å². The van der Waals surface area contributed by atoms with Crippen LogP contribution in [0.4, 0.5) is 13.2 Å². The second kappa shape index (κ2) is 7.47. The number of esters is 2. The molecule has 2 rings (SSSR count). The fourth-order valence-corrected chi connectivity index (χ4v) is 3.59. The Morgan fingerprint density at radius 3 is 2.19 bits per heavy atom. The Morgan fingerprint density at radius 2 is 1.65 bits per heavy atom. The lowest BCUT2D eigenvalue weighted by Gasteiger charge is -2.38. The molecule has 1 aromatic rings. The standard InChI is InChI=1S/C18H20F3NO4/c1-9-13(16(23)25-3)15(14(10(2)22-9)17(24)26-4)11-7-5-6-8-12(11)18(19,20)21/h5-9,13-15H,1-4H3. The number of benzene rings is 1. The Hall–Kier alpha value is -2.38. The Morgan fingerprint density at radius 1 is 1.08 bits per heavy atom. The van der Waals surface area contributed by atoms with Gasteiger partial charge in [0.25, 0.3) is 0 Å². The van der Waals surface area contributed by atoms with E-state index < -0.39 is 47.5 Å². The summed E-state index contributed by atoms with van der Waals surface area (Å²) in [6, 6.07) is 4.28. The number of alkyl halides is 3. The Balaban J connectivity index is 2.75. The summed E-state index contributed by atoms with van der Waals surface area (Å²) < 4.78 is 50.2. The lowest BCUT2D eigenvalue weighted by atomic mass is 9.69. The van der Waals surface area contributed by atoms with Crippen LogP contribution in [0.25, 0.3) is 0 Å². The van der Waals surface area contributed by atoms with Crippen molar-refractivity contribution in [2.24, 2.45) is 16.8 Å². The third-order valence-corrected chi connectivity index (χ3v) is 4.68. The number of ether oxygens (including phenoxy) is 2. The van der Waals surface area contributed by atoms with Crippen molar-refractivity contribution in [3.8, 4) is 0 Å². The van der Waals surface area contributed by atoms with Crippen LogP contribution in [0, 0.1) is 11.8 Å². The summed E-state index contributed by atoms with van der Waals surface area (Å²) >= 11 is 0. The minimum absolute atomic E-state index is 0.146. The van der Waals surface area contributed by atoms with Crippen LogP contribution < -0.4 is 0 Å². The van der Waals surface area contributed by atoms with Crippen molar-refractivity contribution in [3.05, 3.63) is 35.4 Å². The van der Waals surface area contributed by atoms with Gasteiger partial charge in [-0.25, -0.2) is 0 Å². The summed E-state index contributed by atoms with van der Waals surface area (Å²) in [5.74, 6) is -4.71. The van der Waals surface area contributed by atoms with Crippen LogP contribution >= 0.6 is 0 Å². The summed E-state index contributed by atoms with van der Waals surface area (Å²) in [4.78, 5) is 29.0. The maximum Gasteiger partial charge on any atom is 0.416 e. The van der Waals surface area contributed by atoms with Crippen molar-refractivity contribution in [3.63, 3.8) is 0 Å². The average molecular weight is 371 g/mol. The Labute approximate surface area is 149 Å². The minimum atomic E-state index is -4.64. The molecule has 1 aliphatic heterocycles. The summed E-state index contributed by atoms with van der Waals surface area (Å²) in [6.45, 7) is 3.16. The zero-order valence-electron chi connectivity index (χ0n) is 14.8. The molecule has 0 spiro atoms. The van der Waals surface area contributed by atoms with Crippen molar-refractivity contribution >= 4 is 17.7 Å². The average Bonchev–Trinajstić information content (AvgIpc) is 2.59. The highest BCUT2D eigenvalue weighted by atomic mass is 19.4. The second-order valence-corrected chi connectivity index (χ2v) is 6.17. The molecule has 0 saturated carbocycles. The summed E-state index contributed by atoms with van der Waals surface area (Å²) in [5, 5.41) is 0. The van der Waals surface area contributed by atoms with Gasteiger partial charge in [0.2, 0.25) is 0 Å². The number of aliphatic imine (C=N–C) groups is 1. The minimum Gasteiger partial charge on any atom is -0.469 e. The highest BCUT2D eigenvalue weighted by molar-refractivity contribution is 6.03. The zero-order valence-corrected chi connectivity index (χ0v) is 14.8. The molecule has 0 aromatic heterocycles. The predicted octanol–water partition coefficient (Wildman–Crippen LogP) is 3.23. The monoisotopic (exact) mass is 371 g/mol. The number of methoxy groups -OCH3 is 2. The smallest absolute Gasteiger partial charge is 0.416 e. The van der Waals surface area contributed by atoms with E-state index in [1.165, 1.54) is 18.2 Å². The SMILES string of the molecule is COC(=O)C1C(C)=NC(C)C(C(=O)OC)C1c1ccccc1C(F)(F)F. The first kappa shape index (κ1) is 19.9. The molecule has 0 fully saturated rings. The number of hydrogen-bond donors (Lipinski definition) is 0. The van der Waals surface area contributed by atoms with Crippen LogP contribution in [0.1, 0.15) is 30.9 Å². The molecule has 5 nitrogen and oxygen atoms in total. The third-order valence-electron chi connectivity index (χ3n) is 4.68. The first-order valence-electron chi connectivity index (χ1n) is 7.99. The number of hydrogen-bond acceptors (Lipinski definition) is 5. The van der Waals surface area contributed by atoms with Gasteiger partial charge < -0.3 is 9.47 Å². The van der Waals surface area contributed by atoms with E-state index in [0.717, 1.165) is 20.3 Å². The molecular weight excluding hydrogens is 351 g/mol. The van der Waals surface area contributed by atoms with Crippen LogP contribution in [0.5, 0.6) is 0 Å². The molecular formula is C18H20F3NO4. The van der Waals surface area contributed by atoms with E-state index in [-0.39, 0.29) is 5.56 Å². The van der Waals surface area contributed by atoms with E-state index in [9.17, 15) is 22.8 Å². The molecule has 0 amide bonds. The second-order valence-electron chi connectivity index (χ2n) is 6.17. The van der Waals surface area contributed by atoms with Gasteiger partial charge in [-0.15, -0.1) is 0 Å². The van der Waals surface area contributed by atoms with Gasteiger partial charge in [0.1, 0.15) is 5.92 Å². The maximum atomic E-state index is 13.6. The normalized spacial score (nSPS) is 26.0. The molecule has 142 valence electrons. The number of carbonyl (C=O) groups is 2. The van der Waals surface area contributed by atoms with Crippen LogP contribution in [0.15, 0.2) is 29.3 Å². The number of halogens is 3. The number of rotatable bonds is 3. The van der Waals surface area contributed by atoms with E-state index in [4.69, 9.17) is 9.47 Å². The fourth-order valence-electron chi connectivity index (χ4n) is 3.59. The summed E-state index contributed by atoms with van der Waals surface area (Å²) in [7, 11) is 2.30. The maximum absolute atomic E-state index is 13.6. The lowest BCUT2D eigenvalue weighted by molar-refractivity contribution is -0.152. The number of carbonyl (C=O) groups excluding carboxylic acids is 2. The molecule has 1 heterocycles. The first-order chi connectivity index (χ1) is 12.1. The molecule has 1 aromatic carbocycles. The van der Waals surface area contributed by atoms with Gasteiger partial charge in [0.05, 0.1) is 31.7 Å². The first-order valence-corrected chi connectivity index (χ1v) is 7.99. The van der Waals surface area contributed by atoms with Gasteiger partial charge in [-0.1, -0.05) is 18.2 Å². The van der Waals surface area contributed by atoms with E-state index in [1.54, 1.807) is 13.8 Å².